The third-order valence-electron chi connectivity index (χ3n) is 3.78. The SMILES string of the molecule is CCC(CC)C(CN)N(C)Cc1ccccc1F. The molecule has 0 aliphatic carbocycles. The van der Waals surface area contributed by atoms with Gasteiger partial charge in [-0.1, -0.05) is 44.9 Å². The van der Waals surface area contributed by atoms with Gasteiger partial charge in [0.05, 0.1) is 0 Å². The Morgan fingerprint density at radius 1 is 1.22 bits per heavy atom. The molecular formula is C15H25FN2. The summed E-state index contributed by atoms with van der Waals surface area (Å²) in [6, 6.07) is 7.27. The minimum atomic E-state index is -0.135. The maximum atomic E-state index is 13.6. The van der Waals surface area contributed by atoms with Crippen molar-refractivity contribution in [1.29, 1.82) is 0 Å². The molecule has 0 saturated heterocycles. The average Bonchev–Trinajstić information content (AvgIpc) is 2.38. The molecule has 0 bridgehead atoms. The standard InChI is InChI=1S/C15H25FN2/c1-4-12(5-2)15(10-17)18(3)11-13-8-6-7-9-14(13)16/h6-9,12,15H,4-5,10-11,17H2,1-3H3. The molecule has 102 valence electrons. The Hall–Kier alpha value is -0.930. The van der Waals surface area contributed by atoms with Crippen LogP contribution in [0.3, 0.4) is 0 Å². The topological polar surface area (TPSA) is 29.3 Å². The molecule has 3 heteroatoms. The molecule has 0 aliphatic rings. The van der Waals surface area contributed by atoms with Gasteiger partial charge in [0, 0.05) is 24.7 Å². The van der Waals surface area contributed by atoms with E-state index >= 15 is 0 Å². The summed E-state index contributed by atoms with van der Waals surface area (Å²) >= 11 is 0. The van der Waals surface area contributed by atoms with E-state index in [9.17, 15) is 4.39 Å². The average molecular weight is 252 g/mol. The fourth-order valence-electron chi connectivity index (χ4n) is 2.58. The van der Waals surface area contributed by atoms with Crippen LogP contribution in [0.1, 0.15) is 32.3 Å². The predicted octanol–water partition coefficient (Wildman–Crippen LogP) is 3.02. The number of halogens is 1. The van der Waals surface area contributed by atoms with Crippen LogP contribution < -0.4 is 5.73 Å². The van der Waals surface area contributed by atoms with Crippen molar-refractivity contribution in [3.05, 3.63) is 35.6 Å². The molecule has 1 aromatic rings. The molecule has 0 heterocycles. The van der Waals surface area contributed by atoms with E-state index in [0.29, 0.717) is 25.0 Å². The van der Waals surface area contributed by atoms with Crippen LogP contribution in [-0.2, 0) is 6.54 Å². The molecule has 0 amide bonds. The van der Waals surface area contributed by atoms with Crippen LogP contribution in [-0.4, -0.2) is 24.5 Å². The molecule has 1 rings (SSSR count). The molecule has 0 fully saturated rings. The van der Waals surface area contributed by atoms with Gasteiger partial charge >= 0.3 is 0 Å². The number of hydrogen-bond donors (Lipinski definition) is 1. The lowest BCUT2D eigenvalue weighted by molar-refractivity contribution is 0.163. The highest BCUT2D eigenvalue weighted by atomic mass is 19.1. The highest BCUT2D eigenvalue weighted by Gasteiger charge is 2.21. The van der Waals surface area contributed by atoms with E-state index in [1.807, 2.05) is 19.2 Å². The molecule has 2 N–H and O–H groups in total. The van der Waals surface area contributed by atoms with Crippen molar-refractivity contribution in [3.8, 4) is 0 Å². The second-order valence-electron chi connectivity index (χ2n) is 4.89. The lowest BCUT2D eigenvalue weighted by atomic mass is 9.93. The summed E-state index contributed by atoms with van der Waals surface area (Å²) in [7, 11) is 2.03. The number of hydrogen-bond acceptors (Lipinski definition) is 2. The van der Waals surface area contributed by atoms with E-state index < -0.39 is 0 Å². The molecule has 1 unspecified atom stereocenters. The van der Waals surface area contributed by atoms with Gasteiger partial charge in [-0.25, -0.2) is 4.39 Å². The van der Waals surface area contributed by atoms with Crippen LogP contribution >= 0.6 is 0 Å². The van der Waals surface area contributed by atoms with Crippen LogP contribution in [0.5, 0.6) is 0 Å². The number of likely N-dealkylation sites (N-methyl/N-ethyl adjacent to an activating group) is 1. The smallest absolute Gasteiger partial charge is 0.127 e. The van der Waals surface area contributed by atoms with Crippen LogP contribution in [0.15, 0.2) is 24.3 Å². The highest BCUT2D eigenvalue weighted by Crippen LogP contribution is 2.19. The van der Waals surface area contributed by atoms with E-state index in [4.69, 9.17) is 5.73 Å². The van der Waals surface area contributed by atoms with Gasteiger partial charge in [0.1, 0.15) is 5.82 Å². The molecule has 0 aromatic heterocycles. The van der Waals surface area contributed by atoms with Crippen LogP contribution in [0.25, 0.3) is 0 Å². The fourth-order valence-corrected chi connectivity index (χ4v) is 2.58. The third kappa shape index (κ3) is 3.79. The molecule has 0 radical (unpaired) electrons. The molecular weight excluding hydrogens is 227 g/mol. The van der Waals surface area contributed by atoms with Gasteiger partial charge in [-0.3, -0.25) is 4.90 Å². The number of benzene rings is 1. The molecule has 1 aromatic carbocycles. The zero-order valence-corrected chi connectivity index (χ0v) is 11.7. The summed E-state index contributed by atoms with van der Waals surface area (Å²) in [5.41, 5.74) is 6.62. The van der Waals surface area contributed by atoms with Crippen molar-refractivity contribution in [3.63, 3.8) is 0 Å². The van der Waals surface area contributed by atoms with Crippen LogP contribution in [0, 0.1) is 11.7 Å². The van der Waals surface area contributed by atoms with Crippen molar-refractivity contribution < 1.29 is 4.39 Å². The summed E-state index contributed by atoms with van der Waals surface area (Å²) in [6.07, 6.45) is 2.22. The molecule has 1 atom stereocenters. The van der Waals surface area contributed by atoms with Crippen molar-refractivity contribution >= 4 is 0 Å². The first-order valence-electron chi connectivity index (χ1n) is 6.77. The maximum absolute atomic E-state index is 13.6. The van der Waals surface area contributed by atoms with Crippen molar-refractivity contribution in [2.75, 3.05) is 13.6 Å². The lowest BCUT2D eigenvalue weighted by Gasteiger charge is -2.33. The first-order chi connectivity index (χ1) is 8.63. The zero-order valence-electron chi connectivity index (χ0n) is 11.7. The summed E-state index contributed by atoms with van der Waals surface area (Å²) in [5.74, 6) is 0.441. The zero-order chi connectivity index (χ0) is 13.5. The van der Waals surface area contributed by atoms with Gasteiger partial charge in [0.15, 0.2) is 0 Å². The first-order valence-corrected chi connectivity index (χ1v) is 6.77. The predicted molar refractivity (Wildman–Crippen MR) is 74.8 cm³/mol. The number of rotatable bonds is 7. The molecule has 18 heavy (non-hydrogen) atoms. The largest absolute Gasteiger partial charge is 0.329 e. The van der Waals surface area contributed by atoms with Crippen molar-refractivity contribution in [2.45, 2.75) is 39.3 Å². The van der Waals surface area contributed by atoms with Gasteiger partial charge in [0.2, 0.25) is 0 Å². The van der Waals surface area contributed by atoms with E-state index in [1.54, 1.807) is 6.07 Å². The summed E-state index contributed by atoms with van der Waals surface area (Å²) in [5, 5.41) is 0. The van der Waals surface area contributed by atoms with Gasteiger partial charge < -0.3 is 5.73 Å². The monoisotopic (exact) mass is 252 g/mol. The second kappa shape index (κ2) is 7.49. The quantitative estimate of drug-likeness (QED) is 0.808. The van der Waals surface area contributed by atoms with Gasteiger partial charge in [-0.05, 0) is 19.0 Å². The maximum Gasteiger partial charge on any atom is 0.127 e. The Balaban J connectivity index is 2.73. The normalized spacial score (nSPS) is 13.3. The number of nitrogens with zero attached hydrogens (tertiary/aromatic N) is 1. The minimum absolute atomic E-state index is 0.135. The van der Waals surface area contributed by atoms with Gasteiger partial charge in [-0.2, -0.15) is 0 Å². The molecule has 0 saturated carbocycles. The number of nitrogens with two attached hydrogens (primary N) is 1. The minimum Gasteiger partial charge on any atom is -0.329 e. The van der Waals surface area contributed by atoms with Crippen molar-refractivity contribution in [1.82, 2.24) is 4.90 Å². The third-order valence-corrected chi connectivity index (χ3v) is 3.78. The van der Waals surface area contributed by atoms with Crippen LogP contribution in [0.2, 0.25) is 0 Å². The molecule has 0 aliphatic heterocycles. The van der Waals surface area contributed by atoms with E-state index in [2.05, 4.69) is 18.7 Å². The second-order valence-corrected chi connectivity index (χ2v) is 4.89. The van der Waals surface area contributed by atoms with Gasteiger partial charge in [-0.15, -0.1) is 0 Å². The molecule has 2 nitrogen and oxygen atoms in total. The Labute approximate surface area is 110 Å². The summed E-state index contributed by atoms with van der Waals surface area (Å²) < 4.78 is 13.6. The Morgan fingerprint density at radius 3 is 2.33 bits per heavy atom. The Morgan fingerprint density at radius 2 is 1.83 bits per heavy atom. The van der Waals surface area contributed by atoms with E-state index in [1.165, 1.54) is 6.07 Å². The van der Waals surface area contributed by atoms with Crippen molar-refractivity contribution in [2.24, 2.45) is 11.7 Å². The van der Waals surface area contributed by atoms with E-state index in [0.717, 1.165) is 18.4 Å². The summed E-state index contributed by atoms with van der Waals surface area (Å²) in [6.45, 7) is 5.61. The lowest BCUT2D eigenvalue weighted by Crippen LogP contribution is -2.42. The molecule has 0 spiro atoms. The summed E-state index contributed by atoms with van der Waals surface area (Å²) in [4.78, 5) is 2.18. The van der Waals surface area contributed by atoms with Gasteiger partial charge in [0.25, 0.3) is 0 Å². The Kier molecular flexibility index (Phi) is 6.30. The van der Waals surface area contributed by atoms with Crippen LogP contribution in [0.4, 0.5) is 4.39 Å². The van der Waals surface area contributed by atoms with E-state index in [-0.39, 0.29) is 5.82 Å². The first kappa shape index (κ1) is 15.1. The fraction of sp³-hybridized carbons (Fsp3) is 0.600. The highest BCUT2D eigenvalue weighted by molar-refractivity contribution is 5.17. The Bertz CT molecular complexity index is 350.